The van der Waals surface area contributed by atoms with Gasteiger partial charge in [-0.15, -0.1) is 10.2 Å². The van der Waals surface area contributed by atoms with Crippen LogP contribution in [0.5, 0.6) is 0 Å². The van der Waals surface area contributed by atoms with Crippen molar-refractivity contribution in [2.24, 2.45) is 11.7 Å². The van der Waals surface area contributed by atoms with Crippen LogP contribution in [0.4, 0.5) is 0 Å². The summed E-state index contributed by atoms with van der Waals surface area (Å²) in [5, 5.41) is 7.94. The van der Waals surface area contributed by atoms with Gasteiger partial charge in [0.05, 0.1) is 6.54 Å². The maximum absolute atomic E-state index is 12.3. The van der Waals surface area contributed by atoms with Gasteiger partial charge in [-0.3, -0.25) is 4.79 Å². The second-order valence-electron chi connectivity index (χ2n) is 6.08. The average Bonchev–Trinajstić information content (AvgIpc) is 2.93. The molecule has 1 aromatic heterocycles. The van der Waals surface area contributed by atoms with Gasteiger partial charge in [0.25, 0.3) is 0 Å². The van der Waals surface area contributed by atoms with Crippen molar-refractivity contribution >= 4 is 5.91 Å². The topological polar surface area (TPSA) is 77.0 Å². The molecule has 2 N–H and O–H groups in total. The van der Waals surface area contributed by atoms with E-state index < -0.39 is 0 Å². The standard InChI is InChI=1S/C14H23N5O/c15-12-4-1-11(2-5-12)3-6-14(20)18-7-8-19-10-16-17-13(19)9-18/h10-12H,1-9,15H2. The number of nitrogens with zero attached hydrogens (tertiary/aromatic N) is 4. The molecule has 6 nitrogen and oxygen atoms in total. The van der Waals surface area contributed by atoms with Gasteiger partial charge in [0.15, 0.2) is 5.82 Å². The van der Waals surface area contributed by atoms with Crippen molar-refractivity contribution < 1.29 is 4.79 Å². The van der Waals surface area contributed by atoms with Crippen LogP contribution < -0.4 is 5.73 Å². The number of hydrogen-bond donors (Lipinski definition) is 1. The van der Waals surface area contributed by atoms with Crippen LogP contribution in [-0.2, 0) is 17.9 Å². The smallest absolute Gasteiger partial charge is 0.223 e. The molecule has 3 rings (SSSR count). The lowest BCUT2D eigenvalue weighted by Gasteiger charge is -2.29. The third-order valence-corrected chi connectivity index (χ3v) is 4.65. The Bertz CT molecular complexity index is 464. The van der Waals surface area contributed by atoms with Gasteiger partial charge in [-0.05, 0) is 38.0 Å². The van der Waals surface area contributed by atoms with Gasteiger partial charge in [0, 0.05) is 25.6 Å². The molecule has 1 fully saturated rings. The Morgan fingerprint density at radius 3 is 2.90 bits per heavy atom. The summed E-state index contributed by atoms with van der Waals surface area (Å²) in [5.74, 6) is 1.84. The Kier molecular flexibility index (Phi) is 4.00. The van der Waals surface area contributed by atoms with Crippen molar-refractivity contribution in [1.82, 2.24) is 19.7 Å². The molecule has 110 valence electrons. The van der Waals surface area contributed by atoms with Crippen molar-refractivity contribution in [2.75, 3.05) is 6.54 Å². The van der Waals surface area contributed by atoms with E-state index in [0.717, 1.165) is 38.2 Å². The molecular formula is C14H23N5O. The van der Waals surface area contributed by atoms with Gasteiger partial charge < -0.3 is 15.2 Å². The summed E-state index contributed by atoms with van der Waals surface area (Å²) in [4.78, 5) is 14.2. The number of amides is 1. The highest BCUT2D eigenvalue weighted by atomic mass is 16.2. The Balaban J connectivity index is 1.46. The van der Waals surface area contributed by atoms with Crippen LogP contribution in [0.3, 0.4) is 0 Å². The van der Waals surface area contributed by atoms with Crippen LogP contribution in [0.25, 0.3) is 0 Å². The van der Waals surface area contributed by atoms with Gasteiger partial charge in [-0.25, -0.2) is 0 Å². The SMILES string of the molecule is NC1CCC(CCC(=O)N2CCn3cnnc3C2)CC1. The lowest BCUT2D eigenvalue weighted by atomic mass is 9.84. The molecule has 0 unspecified atom stereocenters. The molecule has 6 heteroatoms. The fourth-order valence-corrected chi connectivity index (χ4v) is 3.24. The Hall–Kier alpha value is -1.43. The van der Waals surface area contributed by atoms with Crippen LogP contribution in [-0.4, -0.2) is 38.2 Å². The van der Waals surface area contributed by atoms with E-state index in [4.69, 9.17) is 5.73 Å². The van der Waals surface area contributed by atoms with Crippen LogP contribution in [0, 0.1) is 5.92 Å². The second kappa shape index (κ2) is 5.91. The van der Waals surface area contributed by atoms with Crippen molar-refractivity contribution in [3.05, 3.63) is 12.2 Å². The molecule has 2 aliphatic rings. The zero-order valence-corrected chi connectivity index (χ0v) is 11.9. The first kappa shape index (κ1) is 13.5. The number of carbonyl (C=O) groups excluding carboxylic acids is 1. The molecule has 1 aliphatic heterocycles. The molecule has 0 spiro atoms. The van der Waals surface area contributed by atoms with Crippen LogP contribution >= 0.6 is 0 Å². The number of fused-ring (bicyclic) bond motifs is 1. The van der Waals surface area contributed by atoms with E-state index in [1.165, 1.54) is 12.8 Å². The highest BCUT2D eigenvalue weighted by molar-refractivity contribution is 5.76. The quantitative estimate of drug-likeness (QED) is 0.891. The maximum Gasteiger partial charge on any atom is 0.223 e. The van der Waals surface area contributed by atoms with E-state index in [1.54, 1.807) is 6.33 Å². The lowest BCUT2D eigenvalue weighted by molar-refractivity contribution is -0.133. The fourth-order valence-electron chi connectivity index (χ4n) is 3.24. The minimum absolute atomic E-state index is 0.258. The monoisotopic (exact) mass is 277 g/mol. The van der Waals surface area contributed by atoms with Crippen LogP contribution in [0.15, 0.2) is 6.33 Å². The fraction of sp³-hybridized carbons (Fsp3) is 0.786. The van der Waals surface area contributed by atoms with Crippen molar-refractivity contribution in [3.63, 3.8) is 0 Å². The minimum atomic E-state index is 0.258. The van der Waals surface area contributed by atoms with E-state index >= 15 is 0 Å². The molecule has 0 radical (unpaired) electrons. The largest absolute Gasteiger partial charge is 0.333 e. The van der Waals surface area contributed by atoms with Gasteiger partial charge in [0.1, 0.15) is 6.33 Å². The average molecular weight is 277 g/mol. The van der Waals surface area contributed by atoms with Crippen LogP contribution in [0.1, 0.15) is 44.3 Å². The summed E-state index contributed by atoms with van der Waals surface area (Å²) >= 11 is 0. The van der Waals surface area contributed by atoms with E-state index in [-0.39, 0.29) is 5.91 Å². The van der Waals surface area contributed by atoms with E-state index in [9.17, 15) is 4.79 Å². The molecule has 20 heavy (non-hydrogen) atoms. The Morgan fingerprint density at radius 2 is 2.10 bits per heavy atom. The van der Waals surface area contributed by atoms with E-state index in [1.807, 2.05) is 9.47 Å². The molecule has 2 heterocycles. The summed E-state index contributed by atoms with van der Waals surface area (Å²) in [6.07, 6.45) is 8.01. The highest BCUT2D eigenvalue weighted by Gasteiger charge is 2.24. The molecule has 0 aromatic carbocycles. The highest BCUT2D eigenvalue weighted by Crippen LogP contribution is 2.27. The van der Waals surface area contributed by atoms with Crippen molar-refractivity contribution in [2.45, 2.75) is 57.7 Å². The zero-order chi connectivity index (χ0) is 13.9. The molecule has 0 saturated heterocycles. The van der Waals surface area contributed by atoms with Gasteiger partial charge in [-0.1, -0.05) is 0 Å². The van der Waals surface area contributed by atoms with E-state index in [0.29, 0.717) is 24.9 Å². The van der Waals surface area contributed by atoms with Gasteiger partial charge in [0.2, 0.25) is 5.91 Å². The number of aromatic nitrogens is 3. The third kappa shape index (κ3) is 3.00. The molecule has 1 aromatic rings. The summed E-state index contributed by atoms with van der Waals surface area (Å²) < 4.78 is 2.02. The number of nitrogens with two attached hydrogens (primary N) is 1. The minimum Gasteiger partial charge on any atom is -0.333 e. The predicted molar refractivity (Wildman–Crippen MR) is 74.6 cm³/mol. The summed E-state index contributed by atoms with van der Waals surface area (Å²) in [6.45, 7) is 2.19. The molecule has 0 bridgehead atoms. The van der Waals surface area contributed by atoms with Crippen molar-refractivity contribution in [1.29, 1.82) is 0 Å². The second-order valence-corrected chi connectivity index (χ2v) is 6.08. The number of rotatable bonds is 3. The van der Waals surface area contributed by atoms with Gasteiger partial charge in [-0.2, -0.15) is 0 Å². The third-order valence-electron chi connectivity index (χ3n) is 4.65. The zero-order valence-electron chi connectivity index (χ0n) is 11.9. The van der Waals surface area contributed by atoms with Gasteiger partial charge >= 0.3 is 0 Å². The predicted octanol–water partition coefficient (Wildman–Crippen LogP) is 0.918. The number of carbonyl (C=O) groups is 1. The Labute approximate surface area is 119 Å². The first-order valence-corrected chi connectivity index (χ1v) is 7.62. The van der Waals surface area contributed by atoms with E-state index in [2.05, 4.69) is 10.2 Å². The first-order valence-electron chi connectivity index (χ1n) is 7.62. The molecule has 1 aliphatic carbocycles. The molecule has 0 atom stereocenters. The molecule has 1 amide bonds. The Morgan fingerprint density at radius 1 is 1.30 bits per heavy atom. The number of hydrogen-bond acceptors (Lipinski definition) is 4. The summed E-state index contributed by atoms with van der Waals surface area (Å²) in [5.41, 5.74) is 5.91. The van der Waals surface area contributed by atoms with Crippen LogP contribution in [0.2, 0.25) is 0 Å². The first-order chi connectivity index (χ1) is 9.72. The molecule has 1 saturated carbocycles. The summed E-state index contributed by atoms with van der Waals surface area (Å²) in [6, 6.07) is 0.385. The normalized spacial score (nSPS) is 26.4. The van der Waals surface area contributed by atoms with Crippen molar-refractivity contribution in [3.8, 4) is 0 Å². The maximum atomic E-state index is 12.3. The lowest BCUT2D eigenvalue weighted by Crippen LogP contribution is -2.38. The summed E-state index contributed by atoms with van der Waals surface area (Å²) in [7, 11) is 0. The molecular weight excluding hydrogens is 254 g/mol.